The zero-order chi connectivity index (χ0) is 13.3. The number of sulfonamides is 1. The second-order valence-corrected chi connectivity index (χ2v) is 7.00. The summed E-state index contributed by atoms with van der Waals surface area (Å²) in [7, 11) is -3.85. The Morgan fingerprint density at radius 2 is 2.17 bits per heavy atom. The number of aryl methyl sites for hydroxylation is 1. The average Bonchev–Trinajstić information content (AvgIpc) is 2.72. The van der Waals surface area contributed by atoms with Gasteiger partial charge in [0.1, 0.15) is 5.82 Å². The predicted octanol–water partition coefficient (Wildman–Crippen LogP) is 3.04. The summed E-state index contributed by atoms with van der Waals surface area (Å²) >= 11 is 6.37. The molecule has 8 heteroatoms. The van der Waals surface area contributed by atoms with E-state index >= 15 is 0 Å². The van der Waals surface area contributed by atoms with Crippen molar-refractivity contribution in [2.45, 2.75) is 11.1 Å². The summed E-state index contributed by atoms with van der Waals surface area (Å²) in [5.74, 6) is -0.600. The molecule has 1 aromatic carbocycles. The van der Waals surface area contributed by atoms with Gasteiger partial charge in [0.2, 0.25) is 0 Å². The van der Waals surface area contributed by atoms with Gasteiger partial charge in [-0.25, -0.2) is 17.8 Å². The molecule has 0 bridgehead atoms. The number of rotatable bonds is 3. The number of nitrogens with one attached hydrogen (secondary N) is 1. The van der Waals surface area contributed by atoms with Crippen LogP contribution in [0.5, 0.6) is 0 Å². The first-order valence-electron chi connectivity index (χ1n) is 4.79. The third kappa shape index (κ3) is 2.63. The van der Waals surface area contributed by atoms with Crippen LogP contribution in [-0.4, -0.2) is 13.4 Å². The topological polar surface area (TPSA) is 59.1 Å². The van der Waals surface area contributed by atoms with Crippen LogP contribution < -0.4 is 4.72 Å². The third-order valence-electron chi connectivity index (χ3n) is 2.16. The van der Waals surface area contributed by atoms with Crippen LogP contribution in [0.3, 0.4) is 0 Å². The predicted molar refractivity (Wildman–Crippen MR) is 69.1 cm³/mol. The Kier molecular flexibility index (Phi) is 3.56. The molecule has 0 fully saturated rings. The van der Waals surface area contributed by atoms with Crippen LogP contribution in [0.2, 0.25) is 4.47 Å². The molecule has 0 aliphatic carbocycles. The van der Waals surface area contributed by atoms with Crippen molar-refractivity contribution >= 4 is 38.6 Å². The van der Waals surface area contributed by atoms with E-state index in [9.17, 15) is 12.8 Å². The summed E-state index contributed by atoms with van der Waals surface area (Å²) in [6.07, 6.45) is 1.13. The van der Waals surface area contributed by atoms with Gasteiger partial charge in [0, 0.05) is 0 Å². The van der Waals surface area contributed by atoms with E-state index in [0.29, 0.717) is 5.56 Å². The average molecular weight is 307 g/mol. The molecule has 0 saturated carbocycles. The second kappa shape index (κ2) is 4.83. The highest BCUT2D eigenvalue weighted by molar-refractivity contribution is 7.94. The first-order chi connectivity index (χ1) is 8.40. The quantitative estimate of drug-likeness (QED) is 0.948. The van der Waals surface area contributed by atoms with Crippen molar-refractivity contribution in [2.24, 2.45) is 0 Å². The van der Waals surface area contributed by atoms with Crippen molar-refractivity contribution in [3.8, 4) is 0 Å². The van der Waals surface area contributed by atoms with E-state index in [1.807, 2.05) is 0 Å². The Bertz CT molecular complexity index is 685. The molecule has 0 spiro atoms. The van der Waals surface area contributed by atoms with E-state index in [0.717, 1.165) is 17.5 Å². The summed E-state index contributed by atoms with van der Waals surface area (Å²) in [4.78, 5) is 3.64. The molecule has 0 unspecified atom stereocenters. The number of halogens is 2. The lowest BCUT2D eigenvalue weighted by atomic mass is 10.2. The highest BCUT2D eigenvalue weighted by Crippen LogP contribution is 2.26. The molecule has 0 amide bonds. The van der Waals surface area contributed by atoms with Gasteiger partial charge in [0.15, 0.2) is 8.68 Å². The molecule has 96 valence electrons. The van der Waals surface area contributed by atoms with Crippen LogP contribution in [0.4, 0.5) is 10.1 Å². The maximum absolute atomic E-state index is 13.7. The molecule has 0 aliphatic heterocycles. The monoisotopic (exact) mass is 306 g/mol. The third-order valence-corrected chi connectivity index (χ3v) is 5.10. The van der Waals surface area contributed by atoms with E-state index in [-0.39, 0.29) is 14.4 Å². The summed E-state index contributed by atoms with van der Waals surface area (Å²) in [5.41, 5.74) is 0.261. The van der Waals surface area contributed by atoms with Crippen molar-refractivity contribution < 1.29 is 12.8 Å². The molecule has 2 aromatic rings. The summed E-state index contributed by atoms with van der Waals surface area (Å²) < 4.78 is 39.7. The molecule has 1 aromatic heterocycles. The summed E-state index contributed by atoms with van der Waals surface area (Å²) in [5, 5.41) is 0. The fraction of sp³-hybridized carbons (Fsp3) is 0.100. The van der Waals surface area contributed by atoms with Gasteiger partial charge in [-0.15, -0.1) is 0 Å². The lowest BCUT2D eigenvalue weighted by Gasteiger charge is -2.08. The number of benzene rings is 1. The number of anilines is 1. The second-order valence-electron chi connectivity index (χ2n) is 3.47. The Morgan fingerprint density at radius 3 is 2.78 bits per heavy atom. The smallest absolute Gasteiger partial charge is 0.273 e. The van der Waals surface area contributed by atoms with Gasteiger partial charge in [-0.2, -0.15) is 0 Å². The van der Waals surface area contributed by atoms with Gasteiger partial charge in [0.05, 0.1) is 11.9 Å². The Hall–Kier alpha value is -1.18. The maximum Gasteiger partial charge on any atom is 0.273 e. The minimum atomic E-state index is -3.85. The molecule has 2 rings (SSSR count). The van der Waals surface area contributed by atoms with E-state index in [1.165, 1.54) is 6.07 Å². The van der Waals surface area contributed by atoms with E-state index in [1.54, 1.807) is 19.1 Å². The standard InChI is InChI=1S/C10H8ClFN2O2S2/c1-6-3-2-4-7(9(6)12)14-18(15,16)8-5-13-10(11)17-8/h2-5,14H,1H3. The summed E-state index contributed by atoms with van der Waals surface area (Å²) in [6, 6.07) is 4.47. The normalized spacial score (nSPS) is 11.5. The SMILES string of the molecule is Cc1cccc(NS(=O)(=O)c2cnc(Cl)s2)c1F. The highest BCUT2D eigenvalue weighted by atomic mass is 35.5. The van der Waals surface area contributed by atoms with Crippen molar-refractivity contribution in [1.82, 2.24) is 4.98 Å². The Morgan fingerprint density at radius 1 is 1.44 bits per heavy atom. The minimum absolute atomic E-state index is 0.0617. The number of hydrogen-bond acceptors (Lipinski definition) is 4. The van der Waals surface area contributed by atoms with Gasteiger partial charge in [-0.05, 0) is 18.6 Å². The van der Waals surface area contributed by atoms with Crippen LogP contribution in [0, 0.1) is 12.7 Å². The lowest BCUT2D eigenvalue weighted by molar-refractivity contribution is 0.599. The first kappa shape index (κ1) is 13.3. The molecule has 1 N–H and O–H groups in total. The summed E-state index contributed by atoms with van der Waals surface area (Å²) in [6.45, 7) is 1.55. The van der Waals surface area contributed by atoms with E-state index in [4.69, 9.17) is 11.6 Å². The van der Waals surface area contributed by atoms with Gasteiger partial charge in [-0.1, -0.05) is 35.1 Å². The number of hydrogen-bond donors (Lipinski definition) is 1. The van der Waals surface area contributed by atoms with E-state index < -0.39 is 15.8 Å². The van der Waals surface area contributed by atoms with Gasteiger partial charge >= 0.3 is 0 Å². The molecular weight excluding hydrogens is 299 g/mol. The lowest BCUT2D eigenvalue weighted by Crippen LogP contribution is -2.13. The molecule has 4 nitrogen and oxygen atoms in total. The highest BCUT2D eigenvalue weighted by Gasteiger charge is 2.19. The zero-order valence-corrected chi connectivity index (χ0v) is 11.5. The van der Waals surface area contributed by atoms with Crippen molar-refractivity contribution in [3.05, 3.63) is 40.2 Å². The number of nitrogens with zero attached hydrogens (tertiary/aromatic N) is 1. The molecule has 0 radical (unpaired) electrons. The van der Waals surface area contributed by atoms with Crippen molar-refractivity contribution in [3.63, 3.8) is 0 Å². The number of aromatic nitrogens is 1. The van der Waals surface area contributed by atoms with Gasteiger partial charge in [0.25, 0.3) is 10.0 Å². The van der Waals surface area contributed by atoms with Crippen molar-refractivity contribution in [1.29, 1.82) is 0 Å². The zero-order valence-electron chi connectivity index (χ0n) is 9.15. The Labute approximate surface area is 112 Å². The fourth-order valence-corrected chi connectivity index (χ4v) is 3.64. The molecule has 0 aliphatic rings. The molecule has 0 saturated heterocycles. The minimum Gasteiger partial charge on any atom is -0.276 e. The van der Waals surface area contributed by atoms with E-state index in [2.05, 4.69) is 9.71 Å². The van der Waals surface area contributed by atoms with Crippen LogP contribution in [0.1, 0.15) is 5.56 Å². The number of thiazole rings is 1. The van der Waals surface area contributed by atoms with Crippen LogP contribution in [0.25, 0.3) is 0 Å². The molecule has 18 heavy (non-hydrogen) atoms. The van der Waals surface area contributed by atoms with Crippen molar-refractivity contribution in [2.75, 3.05) is 4.72 Å². The van der Waals surface area contributed by atoms with Gasteiger partial charge < -0.3 is 0 Å². The largest absolute Gasteiger partial charge is 0.276 e. The molecular formula is C10H8ClFN2O2S2. The van der Waals surface area contributed by atoms with Crippen LogP contribution in [0.15, 0.2) is 28.6 Å². The van der Waals surface area contributed by atoms with Crippen LogP contribution >= 0.6 is 22.9 Å². The van der Waals surface area contributed by atoms with Crippen LogP contribution in [-0.2, 0) is 10.0 Å². The maximum atomic E-state index is 13.7. The molecule has 1 heterocycles. The van der Waals surface area contributed by atoms with Gasteiger partial charge in [-0.3, -0.25) is 4.72 Å². The molecule has 0 atom stereocenters. The fourth-order valence-electron chi connectivity index (χ4n) is 1.28. The first-order valence-corrected chi connectivity index (χ1v) is 7.47. The Balaban J connectivity index is 2.37.